The van der Waals surface area contributed by atoms with Gasteiger partial charge in [0.2, 0.25) is 0 Å². The van der Waals surface area contributed by atoms with Gasteiger partial charge in [-0.25, -0.2) is 0 Å². The predicted molar refractivity (Wildman–Crippen MR) is 61.9 cm³/mol. The van der Waals surface area contributed by atoms with Gasteiger partial charge in [-0.2, -0.15) is 0 Å². The highest BCUT2D eigenvalue weighted by Gasteiger charge is 2.24. The van der Waals surface area contributed by atoms with Gasteiger partial charge < -0.3 is 9.88 Å². The fraction of sp³-hybridized carbons (Fsp3) is 0.375. The van der Waals surface area contributed by atoms with Crippen LogP contribution in [0.15, 0.2) is 4.47 Å². The number of aromatic nitrogens is 1. The summed E-state index contributed by atoms with van der Waals surface area (Å²) in [6.07, 6.45) is 0. The molecular formula is C8H8BrIN2O. The second kappa shape index (κ2) is 3.27. The first-order valence-corrected chi connectivity index (χ1v) is 5.82. The van der Waals surface area contributed by atoms with E-state index in [2.05, 4.69) is 48.4 Å². The molecule has 3 nitrogen and oxygen atoms in total. The fourth-order valence-corrected chi connectivity index (χ4v) is 2.86. The lowest BCUT2D eigenvalue weighted by atomic mass is 10.3. The summed E-state index contributed by atoms with van der Waals surface area (Å²) in [7, 11) is 0. The molecule has 0 unspecified atom stereocenters. The zero-order valence-electron chi connectivity index (χ0n) is 7.03. The topological polar surface area (TPSA) is 34.0 Å². The summed E-state index contributed by atoms with van der Waals surface area (Å²) in [6, 6.07) is 0. The molecule has 1 amide bonds. The molecule has 0 saturated heterocycles. The number of nitrogens with zero attached hydrogens (tertiary/aromatic N) is 1. The number of hydrogen-bond donors (Lipinski definition) is 1. The molecule has 1 aromatic heterocycles. The van der Waals surface area contributed by atoms with Gasteiger partial charge in [-0.1, -0.05) is 0 Å². The molecule has 0 radical (unpaired) electrons. The normalized spacial score (nSPS) is 15.5. The van der Waals surface area contributed by atoms with Gasteiger partial charge in [0, 0.05) is 18.8 Å². The summed E-state index contributed by atoms with van der Waals surface area (Å²) in [5.41, 5.74) is 1.92. The lowest BCUT2D eigenvalue weighted by molar-refractivity contribution is 0.0926. The number of rotatable bonds is 0. The molecule has 0 fully saturated rings. The van der Waals surface area contributed by atoms with E-state index in [0.29, 0.717) is 0 Å². The quantitative estimate of drug-likeness (QED) is 0.709. The first kappa shape index (κ1) is 9.51. The molecule has 0 spiro atoms. The van der Waals surface area contributed by atoms with Crippen LogP contribution in [-0.4, -0.2) is 17.0 Å². The standard InChI is InChI=1S/C8H8BrIN2O/c1-4-5(9)6(10)7-8(13)11-2-3-12(4)7/h2-3H2,1H3,(H,11,13). The molecule has 0 saturated carbocycles. The van der Waals surface area contributed by atoms with Gasteiger partial charge in [0.05, 0.1) is 8.04 Å². The maximum Gasteiger partial charge on any atom is 0.269 e. The number of halogens is 2. The second-order valence-electron chi connectivity index (χ2n) is 2.97. The summed E-state index contributed by atoms with van der Waals surface area (Å²) >= 11 is 5.67. The molecule has 1 aliphatic rings. The molecule has 13 heavy (non-hydrogen) atoms. The third-order valence-corrected chi connectivity index (χ3v) is 4.99. The Kier molecular flexibility index (Phi) is 2.39. The molecule has 2 heterocycles. The number of hydrogen-bond acceptors (Lipinski definition) is 1. The molecule has 1 N–H and O–H groups in total. The summed E-state index contributed by atoms with van der Waals surface area (Å²) in [5, 5.41) is 2.83. The van der Waals surface area contributed by atoms with Crippen molar-refractivity contribution in [2.24, 2.45) is 0 Å². The van der Waals surface area contributed by atoms with Crippen LogP contribution in [0.2, 0.25) is 0 Å². The zero-order valence-corrected chi connectivity index (χ0v) is 10.8. The van der Waals surface area contributed by atoms with E-state index in [1.165, 1.54) is 0 Å². The van der Waals surface area contributed by atoms with Crippen molar-refractivity contribution >= 4 is 44.4 Å². The first-order chi connectivity index (χ1) is 6.13. The predicted octanol–water partition coefficient (Wildman–Crippen LogP) is 1.91. The van der Waals surface area contributed by atoms with Crippen LogP contribution in [0, 0.1) is 10.5 Å². The van der Waals surface area contributed by atoms with Crippen molar-refractivity contribution in [1.82, 2.24) is 9.88 Å². The van der Waals surface area contributed by atoms with Gasteiger partial charge in [-0.15, -0.1) is 0 Å². The SMILES string of the molecule is Cc1c(Br)c(I)c2n1CCNC2=O. The molecule has 2 rings (SSSR count). The third-order valence-electron chi connectivity index (χ3n) is 2.23. The molecular weight excluding hydrogens is 347 g/mol. The molecule has 0 atom stereocenters. The van der Waals surface area contributed by atoms with Crippen LogP contribution in [0.5, 0.6) is 0 Å². The van der Waals surface area contributed by atoms with Crippen LogP contribution in [-0.2, 0) is 6.54 Å². The maximum absolute atomic E-state index is 11.5. The van der Waals surface area contributed by atoms with E-state index in [0.717, 1.165) is 32.5 Å². The van der Waals surface area contributed by atoms with Gasteiger partial charge in [-0.05, 0) is 45.4 Å². The highest BCUT2D eigenvalue weighted by atomic mass is 127. The monoisotopic (exact) mass is 354 g/mol. The lowest BCUT2D eigenvalue weighted by Crippen LogP contribution is -2.35. The van der Waals surface area contributed by atoms with Crippen molar-refractivity contribution in [3.05, 3.63) is 19.4 Å². The Hall–Kier alpha value is -0.0400. The van der Waals surface area contributed by atoms with E-state index < -0.39 is 0 Å². The number of carbonyl (C=O) groups is 1. The average molecular weight is 355 g/mol. The largest absolute Gasteiger partial charge is 0.349 e. The van der Waals surface area contributed by atoms with Crippen molar-refractivity contribution in [3.8, 4) is 0 Å². The van der Waals surface area contributed by atoms with Gasteiger partial charge in [0.25, 0.3) is 5.91 Å². The van der Waals surface area contributed by atoms with Gasteiger partial charge in [-0.3, -0.25) is 4.79 Å². The Morgan fingerprint density at radius 3 is 2.92 bits per heavy atom. The summed E-state index contributed by atoms with van der Waals surface area (Å²) in [6.45, 7) is 3.62. The van der Waals surface area contributed by atoms with Crippen molar-refractivity contribution in [2.75, 3.05) is 6.54 Å². The van der Waals surface area contributed by atoms with E-state index >= 15 is 0 Å². The number of nitrogens with one attached hydrogen (secondary N) is 1. The minimum Gasteiger partial charge on any atom is -0.349 e. The fourth-order valence-electron chi connectivity index (χ4n) is 1.53. The van der Waals surface area contributed by atoms with Gasteiger partial charge in [0.15, 0.2) is 0 Å². The van der Waals surface area contributed by atoms with Crippen LogP contribution in [0.4, 0.5) is 0 Å². The molecule has 1 aliphatic heterocycles. The van der Waals surface area contributed by atoms with Crippen molar-refractivity contribution in [3.63, 3.8) is 0 Å². The zero-order chi connectivity index (χ0) is 9.59. The lowest BCUT2D eigenvalue weighted by Gasteiger charge is -2.17. The van der Waals surface area contributed by atoms with Crippen LogP contribution >= 0.6 is 38.5 Å². The number of fused-ring (bicyclic) bond motifs is 1. The Morgan fingerprint density at radius 2 is 2.31 bits per heavy atom. The number of carbonyl (C=O) groups excluding carboxylic acids is 1. The Labute approximate surface area is 98.1 Å². The summed E-state index contributed by atoms with van der Waals surface area (Å²) in [4.78, 5) is 11.5. The van der Waals surface area contributed by atoms with Crippen molar-refractivity contribution in [2.45, 2.75) is 13.5 Å². The first-order valence-electron chi connectivity index (χ1n) is 3.95. The van der Waals surface area contributed by atoms with Crippen LogP contribution in [0.25, 0.3) is 0 Å². The highest BCUT2D eigenvalue weighted by molar-refractivity contribution is 14.1. The van der Waals surface area contributed by atoms with Crippen LogP contribution in [0.1, 0.15) is 16.2 Å². The third kappa shape index (κ3) is 1.32. The van der Waals surface area contributed by atoms with Crippen LogP contribution < -0.4 is 5.32 Å². The molecule has 0 aliphatic carbocycles. The van der Waals surface area contributed by atoms with E-state index in [1.54, 1.807) is 0 Å². The van der Waals surface area contributed by atoms with E-state index in [9.17, 15) is 4.79 Å². The maximum atomic E-state index is 11.5. The number of amides is 1. The molecule has 1 aromatic rings. The van der Waals surface area contributed by atoms with E-state index in [-0.39, 0.29) is 5.91 Å². The minimum absolute atomic E-state index is 0.0319. The minimum atomic E-state index is 0.0319. The molecule has 70 valence electrons. The molecule has 5 heteroatoms. The molecule has 0 aromatic carbocycles. The Morgan fingerprint density at radius 1 is 1.62 bits per heavy atom. The highest BCUT2D eigenvalue weighted by Crippen LogP contribution is 2.30. The summed E-state index contributed by atoms with van der Waals surface area (Å²) < 4.78 is 4.11. The van der Waals surface area contributed by atoms with Gasteiger partial charge >= 0.3 is 0 Å². The van der Waals surface area contributed by atoms with Crippen molar-refractivity contribution in [1.29, 1.82) is 0 Å². The second-order valence-corrected chi connectivity index (χ2v) is 4.84. The average Bonchev–Trinajstić information content (AvgIpc) is 2.33. The summed E-state index contributed by atoms with van der Waals surface area (Å²) in [5.74, 6) is 0.0319. The Bertz CT molecular complexity index is 386. The van der Waals surface area contributed by atoms with Crippen LogP contribution in [0.3, 0.4) is 0 Å². The van der Waals surface area contributed by atoms with E-state index in [4.69, 9.17) is 0 Å². The van der Waals surface area contributed by atoms with Gasteiger partial charge in [0.1, 0.15) is 5.69 Å². The van der Waals surface area contributed by atoms with E-state index in [1.807, 2.05) is 6.92 Å². The smallest absolute Gasteiger partial charge is 0.269 e. The van der Waals surface area contributed by atoms with Crippen molar-refractivity contribution < 1.29 is 4.79 Å². The molecule has 0 bridgehead atoms. The Balaban J connectivity index is 2.70.